The Morgan fingerprint density at radius 1 is 0.404 bits per heavy atom. The van der Waals surface area contributed by atoms with Crippen molar-refractivity contribution < 1.29 is 9.47 Å². The number of amidine groups is 1. The van der Waals surface area contributed by atoms with Crippen LogP contribution in [0.4, 0.5) is 34.1 Å². The predicted octanol–water partition coefficient (Wildman–Crippen LogP) is 11.7. The summed E-state index contributed by atoms with van der Waals surface area (Å²) < 4.78 is 12.5. The molecular weight excluding hydrogens is 643 g/mol. The summed E-state index contributed by atoms with van der Waals surface area (Å²) in [5, 5.41) is 18.8. The van der Waals surface area contributed by atoms with E-state index in [1.165, 1.54) is 0 Å². The van der Waals surface area contributed by atoms with Crippen LogP contribution in [0.15, 0.2) is 181 Å². The largest absolute Gasteiger partial charge is 0.453 e. The van der Waals surface area contributed by atoms with E-state index >= 15 is 0 Å². The first kappa shape index (κ1) is 30.8. The molecule has 0 radical (unpaired) electrons. The third-order valence-corrected chi connectivity index (χ3v) is 9.14. The van der Waals surface area contributed by atoms with Gasteiger partial charge in [0, 0.05) is 28.1 Å². The van der Waals surface area contributed by atoms with Crippen molar-refractivity contribution in [3.05, 3.63) is 193 Å². The van der Waals surface area contributed by atoms with Crippen LogP contribution in [0.3, 0.4) is 0 Å². The number of benzene rings is 7. The number of para-hydroxylation sites is 8. The molecule has 7 heteroatoms. The van der Waals surface area contributed by atoms with Crippen molar-refractivity contribution >= 4 is 51.4 Å². The quantitative estimate of drug-likeness (QED) is 0.136. The number of anilines is 6. The summed E-state index contributed by atoms with van der Waals surface area (Å²) in [6, 6.07) is 57.1. The Morgan fingerprint density at radius 2 is 0.788 bits per heavy atom. The van der Waals surface area contributed by atoms with Crippen molar-refractivity contribution in [2.75, 3.05) is 9.80 Å². The van der Waals surface area contributed by atoms with Crippen LogP contribution < -0.4 is 19.3 Å². The summed E-state index contributed by atoms with van der Waals surface area (Å²) in [5.74, 6) is 3.08. The maximum absolute atomic E-state index is 9.73. The van der Waals surface area contributed by atoms with Crippen LogP contribution in [0.25, 0.3) is 0 Å². The first-order chi connectivity index (χ1) is 25.6. The number of nitrogens with one attached hydrogen (secondary N) is 2. The zero-order chi connectivity index (χ0) is 35.0. The van der Waals surface area contributed by atoms with Crippen LogP contribution >= 0.6 is 0 Å². The van der Waals surface area contributed by atoms with Crippen molar-refractivity contribution in [3.8, 4) is 23.0 Å². The molecule has 52 heavy (non-hydrogen) atoms. The Kier molecular flexibility index (Phi) is 7.63. The fraction of sp³-hybridized carbons (Fsp3) is 0. The van der Waals surface area contributed by atoms with Gasteiger partial charge >= 0.3 is 0 Å². The van der Waals surface area contributed by atoms with Crippen molar-refractivity contribution in [2.24, 2.45) is 4.99 Å². The lowest BCUT2D eigenvalue weighted by Gasteiger charge is -2.33. The summed E-state index contributed by atoms with van der Waals surface area (Å²) in [7, 11) is 0. The lowest BCUT2D eigenvalue weighted by Crippen LogP contribution is -2.21. The van der Waals surface area contributed by atoms with Crippen molar-refractivity contribution in [1.29, 1.82) is 10.8 Å². The molecule has 0 atom stereocenters. The minimum absolute atomic E-state index is 0.0694. The van der Waals surface area contributed by atoms with Crippen LogP contribution in [0.1, 0.15) is 16.7 Å². The molecule has 0 unspecified atom stereocenters. The Morgan fingerprint density at radius 3 is 1.27 bits per heavy atom. The molecule has 2 N–H and O–H groups in total. The molecule has 7 aromatic carbocycles. The molecule has 2 aliphatic heterocycles. The van der Waals surface area contributed by atoms with Gasteiger partial charge in [-0.2, -0.15) is 0 Å². The number of nitrogens with zero attached hydrogens (tertiary/aromatic N) is 3. The topological polar surface area (TPSA) is 85.0 Å². The predicted molar refractivity (Wildman–Crippen MR) is 209 cm³/mol. The highest BCUT2D eigenvalue weighted by Crippen LogP contribution is 2.51. The number of hydrogen-bond acceptors (Lipinski definition) is 6. The minimum Gasteiger partial charge on any atom is -0.453 e. The molecule has 7 aromatic rings. The molecular formula is C45H31N5O2. The molecule has 2 heterocycles. The van der Waals surface area contributed by atoms with Gasteiger partial charge in [-0.05, 0) is 72.8 Å². The molecule has 0 aliphatic carbocycles. The average molecular weight is 674 g/mol. The molecule has 0 bridgehead atoms. The number of hydrogen-bond donors (Lipinski definition) is 2. The van der Waals surface area contributed by atoms with Crippen LogP contribution in [0, 0.1) is 10.8 Å². The van der Waals surface area contributed by atoms with Gasteiger partial charge in [0.1, 0.15) is 0 Å². The highest BCUT2D eigenvalue weighted by molar-refractivity contribution is 6.54. The van der Waals surface area contributed by atoms with Gasteiger partial charge in [0.25, 0.3) is 0 Å². The Hall–Kier alpha value is -7.25. The molecule has 7 nitrogen and oxygen atoms in total. The Bertz CT molecular complexity index is 2450. The van der Waals surface area contributed by atoms with Crippen LogP contribution in [0.5, 0.6) is 23.0 Å². The summed E-state index contributed by atoms with van der Waals surface area (Å²) in [4.78, 5) is 9.20. The molecule has 2 aliphatic rings. The first-order valence-corrected chi connectivity index (χ1v) is 17.0. The smallest absolute Gasteiger partial charge is 0.152 e. The van der Waals surface area contributed by atoms with Gasteiger partial charge in [0.2, 0.25) is 0 Å². The third kappa shape index (κ3) is 5.47. The van der Waals surface area contributed by atoms with Crippen LogP contribution in [-0.4, -0.2) is 17.3 Å². The number of aliphatic imine (C=N–C) groups is 1. The molecule has 0 saturated carbocycles. The molecule has 248 valence electrons. The molecule has 0 saturated heterocycles. The van der Waals surface area contributed by atoms with Gasteiger partial charge in [-0.15, -0.1) is 0 Å². The van der Waals surface area contributed by atoms with E-state index < -0.39 is 0 Å². The van der Waals surface area contributed by atoms with Gasteiger partial charge in [0.05, 0.1) is 34.2 Å². The molecule has 0 amide bonds. The highest BCUT2D eigenvalue weighted by atomic mass is 16.5. The second-order valence-corrected chi connectivity index (χ2v) is 12.4. The van der Waals surface area contributed by atoms with Crippen molar-refractivity contribution in [3.63, 3.8) is 0 Å². The van der Waals surface area contributed by atoms with Crippen molar-refractivity contribution in [1.82, 2.24) is 0 Å². The maximum Gasteiger partial charge on any atom is 0.152 e. The van der Waals surface area contributed by atoms with E-state index in [4.69, 9.17) is 19.9 Å². The van der Waals surface area contributed by atoms with Gasteiger partial charge in [0.15, 0.2) is 28.8 Å². The fourth-order valence-corrected chi connectivity index (χ4v) is 6.73. The van der Waals surface area contributed by atoms with Gasteiger partial charge in [-0.1, -0.05) is 103 Å². The highest BCUT2D eigenvalue weighted by Gasteiger charge is 2.28. The fourth-order valence-electron chi connectivity index (χ4n) is 6.73. The SMILES string of the molecule is N=C(N=C(C(=N)c1cccc(N2c3ccccc3Oc3ccccc32)c1)c1cccc(N2c3ccccc3Oc3ccccc32)c1)c1ccccc1. The summed E-state index contributed by atoms with van der Waals surface area (Å²) in [5.41, 5.74) is 7.97. The zero-order valence-corrected chi connectivity index (χ0v) is 27.9. The molecule has 9 rings (SSSR count). The lowest BCUT2D eigenvalue weighted by molar-refractivity contribution is 0.477. The maximum atomic E-state index is 9.73. The lowest BCUT2D eigenvalue weighted by atomic mass is 9.97. The zero-order valence-electron chi connectivity index (χ0n) is 27.9. The van der Waals surface area contributed by atoms with E-state index in [0.717, 1.165) is 57.1 Å². The Labute approximate surface area is 301 Å². The monoisotopic (exact) mass is 673 g/mol. The first-order valence-electron chi connectivity index (χ1n) is 17.0. The van der Waals surface area contributed by atoms with Crippen molar-refractivity contribution in [2.45, 2.75) is 0 Å². The second-order valence-electron chi connectivity index (χ2n) is 12.4. The summed E-state index contributed by atoms with van der Waals surface area (Å²) in [6.45, 7) is 0. The molecule has 0 spiro atoms. The summed E-state index contributed by atoms with van der Waals surface area (Å²) >= 11 is 0. The average Bonchev–Trinajstić information content (AvgIpc) is 3.21. The van der Waals surface area contributed by atoms with E-state index in [1.54, 1.807) is 0 Å². The third-order valence-electron chi connectivity index (χ3n) is 9.14. The van der Waals surface area contributed by atoms with Gasteiger partial charge < -0.3 is 19.3 Å². The summed E-state index contributed by atoms with van der Waals surface area (Å²) in [6.07, 6.45) is 0. The number of ether oxygens (including phenoxy) is 2. The Balaban J connectivity index is 1.16. The normalized spacial score (nSPS) is 12.7. The number of fused-ring (bicyclic) bond motifs is 4. The second kappa shape index (κ2) is 12.9. The van der Waals surface area contributed by atoms with Crippen LogP contribution in [-0.2, 0) is 0 Å². The minimum atomic E-state index is 0.0694. The standard InChI is InChI=1S/C45H31N5O2/c46-43(31-16-12-18-33(28-31)49-35-20-4-8-24-39(35)51-40-25-9-5-21-36(40)49)44(48-45(47)30-14-2-1-3-15-30)32-17-13-19-34(29-32)50-37-22-6-10-26-41(37)52-42-27-11-7-23-38(42)50/h1-29,46-47H. The van der Waals surface area contributed by atoms with E-state index in [-0.39, 0.29) is 11.5 Å². The van der Waals surface area contributed by atoms with E-state index in [1.807, 2.05) is 176 Å². The van der Waals surface area contributed by atoms with Gasteiger partial charge in [-0.3, -0.25) is 10.8 Å². The number of rotatable bonds is 6. The molecule has 0 fully saturated rings. The van der Waals surface area contributed by atoms with E-state index in [2.05, 4.69) is 9.80 Å². The van der Waals surface area contributed by atoms with Gasteiger partial charge in [-0.25, -0.2) is 4.99 Å². The van der Waals surface area contributed by atoms with Crippen LogP contribution in [0.2, 0.25) is 0 Å². The van der Waals surface area contributed by atoms with E-state index in [0.29, 0.717) is 22.4 Å². The molecule has 0 aromatic heterocycles. The van der Waals surface area contributed by atoms with E-state index in [9.17, 15) is 5.41 Å².